The zero-order chi connectivity index (χ0) is 15.9. The smallest absolute Gasteiger partial charge is 0.230 e. The number of thioether (sulfide) groups is 1. The first-order chi connectivity index (χ1) is 11.3. The SMILES string of the molecule is O=C(CSc1nccc(-c2ccccn2)n1)NC1CCCCC1. The third kappa shape index (κ3) is 4.76. The molecule has 2 heterocycles. The molecule has 0 aromatic carbocycles. The van der Waals surface area contributed by atoms with Crippen molar-refractivity contribution in [3.8, 4) is 11.4 Å². The largest absolute Gasteiger partial charge is 0.353 e. The van der Waals surface area contributed by atoms with Gasteiger partial charge < -0.3 is 5.32 Å². The first-order valence-electron chi connectivity index (χ1n) is 7.98. The summed E-state index contributed by atoms with van der Waals surface area (Å²) in [6.45, 7) is 0. The van der Waals surface area contributed by atoms with Gasteiger partial charge >= 0.3 is 0 Å². The van der Waals surface area contributed by atoms with Gasteiger partial charge in [-0.2, -0.15) is 0 Å². The third-order valence-electron chi connectivity index (χ3n) is 3.86. The summed E-state index contributed by atoms with van der Waals surface area (Å²) in [7, 11) is 0. The lowest BCUT2D eigenvalue weighted by Gasteiger charge is -2.22. The van der Waals surface area contributed by atoms with Gasteiger partial charge in [0, 0.05) is 18.4 Å². The summed E-state index contributed by atoms with van der Waals surface area (Å²) in [4.78, 5) is 25.0. The predicted molar refractivity (Wildman–Crippen MR) is 91.0 cm³/mol. The Hall–Kier alpha value is -1.95. The first kappa shape index (κ1) is 15.9. The number of hydrogen-bond acceptors (Lipinski definition) is 5. The van der Waals surface area contributed by atoms with Crippen LogP contribution in [0, 0.1) is 0 Å². The average Bonchev–Trinajstić information content (AvgIpc) is 2.62. The van der Waals surface area contributed by atoms with Gasteiger partial charge in [-0.3, -0.25) is 9.78 Å². The average molecular weight is 328 g/mol. The molecule has 0 spiro atoms. The lowest BCUT2D eigenvalue weighted by molar-refractivity contribution is -0.119. The second-order valence-electron chi connectivity index (χ2n) is 5.63. The maximum atomic E-state index is 12.0. The van der Waals surface area contributed by atoms with E-state index in [-0.39, 0.29) is 5.91 Å². The van der Waals surface area contributed by atoms with Crippen molar-refractivity contribution in [1.29, 1.82) is 0 Å². The summed E-state index contributed by atoms with van der Waals surface area (Å²) < 4.78 is 0. The van der Waals surface area contributed by atoms with Gasteiger partial charge in [0.2, 0.25) is 5.91 Å². The highest BCUT2D eigenvalue weighted by Crippen LogP contribution is 2.19. The minimum atomic E-state index is 0.0636. The monoisotopic (exact) mass is 328 g/mol. The molecule has 1 N–H and O–H groups in total. The van der Waals surface area contributed by atoms with Gasteiger partial charge in [-0.1, -0.05) is 37.1 Å². The Kier molecular flexibility index (Phi) is 5.58. The van der Waals surface area contributed by atoms with Crippen molar-refractivity contribution in [3.05, 3.63) is 36.7 Å². The summed E-state index contributed by atoms with van der Waals surface area (Å²) in [6.07, 6.45) is 9.36. The Labute approximate surface area is 140 Å². The maximum absolute atomic E-state index is 12.0. The standard InChI is InChI=1S/C17H20N4OS/c22-16(20-13-6-2-1-3-7-13)12-23-17-19-11-9-15(21-17)14-8-4-5-10-18-14/h4-5,8-11,13H,1-3,6-7,12H2,(H,20,22). The highest BCUT2D eigenvalue weighted by molar-refractivity contribution is 7.99. The van der Waals surface area contributed by atoms with E-state index in [9.17, 15) is 4.79 Å². The zero-order valence-electron chi connectivity index (χ0n) is 12.9. The molecule has 0 atom stereocenters. The molecule has 1 amide bonds. The second-order valence-corrected chi connectivity index (χ2v) is 6.57. The van der Waals surface area contributed by atoms with E-state index in [2.05, 4.69) is 20.3 Å². The van der Waals surface area contributed by atoms with E-state index in [1.165, 1.54) is 31.0 Å². The van der Waals surface area contributed by atoms with E-state index in [0.717, 1.165) is 24.2 Å². The van der Waals surface area contributed by atoms with Crippen LogP contribution in [0.4, 0.5) is 0 Å². The molecule has 0 unspecified atom stereocenters. The molecule has 0 aliphatic heterocycles. The normalized spacial score (nSPS) is 15.3. The molecule has 1 fully saturated rings. The van der Waals surface area contributed by atoms with Crippen molar-refractivity contribution < 1.29 is 4.79 Å². The van der Waals surface area contributed by atoms with Crippen molar-refractivity contribution in [2.75, 3.05) is 5.75 Å². The zero-order valence-corrected chi connectivity index (χ0v) is 13.8. The fourth-order valence-corrected chi connectivity index (χ4v) is 3.36. The van der Waals surface area contributed by atoms with Crippen LogP contribution in [0.3, 0.4) is 0 Å². The molecule has 2 aromatic heterocycles. The number of carbonyl (C=O) groups is 1. The molecule has 0 bridgehead atoms. The van der Waals surface area contributed by atoms with E-state index >= 15 is 0 Å². The lowest BCUT2D eigenvalue weighted by atomic mass is 9.95. The number of aromatic nitrogens is 3. The summed E-state index contributed by atoms with van der Waals surface area (Å²) >= 11 is 1.36. The first-order valence-corrected chi connectivity index (χ1v) is 8.96. The van der Waals surface area contributed by atoms with Crippen LogP contribution in [0.2, 0.25) is 0 Å². The Morgan fingerprint density at radius 1 is 1.09 bits per heavy atom. The van der Waals surface area contributed by atoms with Crippen LogP contribution in [0.15, 0.2) is 41.8 Å². The minimum absolute atomic E-state index is 0.0636. The number of amides is 1. The van der Waals surface area contributed by atoms with Crippen molar-refractivity contribution in [2.24, 2.45) is 0 Å². The number of nitrogens with zero attached hydrogens (tertiary/aromatic N) is 3. The van der Waals surface area contributed by atoms with Gasteiger partial charge in [-0.05, 0) is 31.0 Å². The van der Waals surface area contributed by atoms with Crippen LogP contribution in [-0.4, -0.2) is 32.7 Å². The van der Waals surface area contributed by atoms with Crippen molar-refractivity contribution >= 4 is 17.7 Å². The van der Waals surface area contributed by atoms with Gasteiger partial charge in [-0.25, -0.2) is 9.97 Å². The van der Waals surface area contributed by atoms with E-state index in [1.807, 2.05) is 24.3 Å². The number of carbonyl (C=O) groups excluding carboxylic acids is 1. The Balaban J connectivity index is 1.55. The molecule has 5 nitrogen and oxygen atoms in total. The van der Waals surface area contributed by atoms with Gasteiger partial charge in [0.25, 0.3) is 0 Å². The topological polar surface area (TPSA) is 67.8 Å². The maximum Gasteiger partial charge on any atom is 0.230 e. The van der Waals surface area contributed by atoms with Crippen molar-refractivity contribution in [2.45, 2.75) is 43.3 Å². The Morgan fingerprint density at radius 2 is 1.96 bits per heavy atom. The Morgan fingerprint density at radius 3 is 2.74 bits per heavy atom. The molecule has 3 rings (SSSR count). The van der Waals surface area contributed by atoms with E-state index in [1.54, 1.807) is 12.4 Å². The number of nitrogens with one attached hydrogen (secondary N) is 1. The van der Waals surface area contributed by atoms with Crippen LogP contribution in [0.25, 0.3) is 11.4 Å². The fraction of sp³-hybridized carbons (Fsp3) is 0.412. The van der Waals surface area contributed by atoms with Crippen LogP contribution < -0.4 is 5.32 Å². The molecule has 2 aromatic rings. The summed E-state index contributed by atoms with van der Waals surface area (Å²) in [5, 5.41) is 3.71. The second kappa shape index (κ2) is 8.06. The molecule has 0 radical (unpaired) electrons. The number of hydrogen-bond donors (Lipinski definition) is 1. The fourth-order valence-electron chi connectivity index (χ4n) is 2.71. The molecule has 0 saturated heterocycles. The number of pyridine rings is 1. The quantitative estimate of drug-likeness (QED) is 0.675. The van der Waals surface area contributed by atoms with Crippen LogP contribution in [0.1, 0.15) is 32.1 Å². The Bertz CT molecular complexity index is 644. The molecule has 1 aliphatic carbocycles. The molecular weight excluding hydrogens is 308 g/mol. The molecule has 1 saturated carbocycles. The molecule has 1 aliphatic rings. The minimum Gasteiger partial charge on any atom is -0.353 e. The van der Waals surface area contributed by atoms with Crippen molar-refractivity contribution in [1.82, 2.24) is 20.3 Å². The van der Waals surface area contributed by atoms with Crippen LogP contribution >= 0.6 is 11.8 Å². The highest BCUT2D eigenvalue weighted by atomic mass is 32.2. The van der Waals surface area contributed by atoms with Crippen LogP contribution in [-0.2, 0) is 4.79 Å². The van der Waals surface area contributed by atoms with Crippen molar-refractivity contribution in [3.63, 3.8) is 0 Å². The van der Waals surface area contributed by atoms with E-state index in [4.69, 9.17) is 0 Å². The van der Waals surface area contributed by atoms with Crippen LogP contribution in [0.5, 0.6) is 0 Å². The lowest BCUT2D eigenvalue weighted by Crippen LogP contribution is -2.37. The van der Waals surface area contributed by atoms with E-state index < -0.39 is 0 Å². The third-order valence-corrected chi connectivity index (χ3v) is 4.72. The molecule has 120 valence electrons. The number of rotatable bonds is 5. The highest BCUT2D eigenvalue weighted by Gasteiger charge is 2.16. The van der Waals surface area contributed by atoms with Gasteiger partial charge in [-0.15, -0.1) is 0 Å². The summed E-state index contributed by atoms with van der Waals surface area (Å²) in [5.74, 6) is 0.413. The van der Waals surface area contributed by atoms with Gasteiger partial charge in [0.1, 0.15) is 0 Å². The summed E-state index contributed by atoms with van der Waals surface area (Å²) in [6, 6.07) is 7.88. The van der Waals surface area contributed by atoms with Gasteiger partial charge in [0.05, 0.1) is 17.1 Å². The molecule has 23 heavy (non-hydrogen) atoms. The summed E-state index contributed by atoms with van der Waals surface area (Å²) in [5.41, 5.74) is 1.58. The van der Waals surface area contributed by atoms with Gasteiger partial charge in [0.15, 0.2) is 5.16 Å². The van der Waals surface area contributed by atoms with E-state index in [0.29, 0.717) is 17.0 Å². The predicted octanol–water partition coefficient (Wildman–Crippen LogP) is 3.08. The molecular formula is C17H20N4OS. The molecule has 6 heteroatoms.